The molecular formula is C12H12BrFN2O5. The van der Waals surface area contributed by atoms with Crippen LogP contribution in [-0.4, -0.2) is 42.3 Å². The van der Waals surface area contributed by atoms with E-state index in [-0.39, 0.29) is 29.1 Å². The highest BCUT2D eigenvalue weighted by atomic mass is 79.9. The van der Waals surface area contributed by atoms with Crippen LogP contribution in [0.3, 0.4) is 0 Å². The van der Waals surface area contributed by atoms with Crippen LogP contribution in [0.4, 0.5) is 15.8 Å². The van der Waals surface area contributed by atoms with Crippen molar-refractivity contribution in [1.29, 1.82) is 0 Å². The van der Waals surface area contributed by atoms with Gasteiger partial charge >= 0.3 is 5.97 Å². The minimum atomic E-state index is -1.05. The molecule has 7 nitrogen and oxygen atoms in total. The molecule has 1 aliphatic heterocycles. The van der Waals surface area contributed by atoms with Gasteiger partial charge in [0, 0.05) is 19.2 Å². The van der Waals surface area contributed by atoms with Gasteiger partial charge in [-0.1, -0.05) is 0 Å². The molecule has 114 valence electrons. The molecule has 9 heteroatoms. The standard InChI is InChI=1S/C12H12BrFN2O5/c1-15(11-5-21-4-6(11)12(17)18)9-3-8(14)7(13)2-10(9)16(19)20/h2-3,6,11H,4-5H2,1H3,(H,17,18). The van der Waals surface area contributed by atoms with Crippen LogP contribution in [0.25, 0.3) is 0 Å². The Morgan fingerprint density at radius 2 is 2.24 bits per heavy atom. The summed E-state index contributed by atoms with van der Waals surface area (Å²) >= 11 is 2.90. The number of nitro groups is 1. The van der Waals surface area contributed by atoms with Crippen molar-refractivity contribution < 1.29 is 24.0 Å². The molecule has 1 fully saturated rings. The van der Waals surface area contributed by atoms with Crippen molar-refractivity contribution in [2.75, 3.05) is 25.2 Å². The van der Waals surface area contributed by atoms with Gasteiger partial charge in [-0.15, -0.1) is 0 Å². The van der Waals surface area contributed by atoms with E-state index >= 15 is 0 Å². The summed E-state index contributed by atoms with van der Waals surface area (Å²) in [6.45, 7) is 0.138. The van der Waals surface area contributed by atoms with E-state index in [9.17, 15) is 19.3 Å². The number of aliphatic carboxylic acids is 1. The summed E-state index contributed by atoms with van der Waals surface area (Å²) < 4.78 is 18.8. The third kappa shape index (κ3) is 2.98. The number of halogens is 2. The molecule has 1 N–H and O–H groups in total. The molecule has 0 aromatic heterocycles. The molecule has 1 aromatic carbocycles. The summed E-state index contributed by atoms with van der Waals surface area (Å²) in [5.74, 6) is -2.53. The number of nitrogens with zero attached hydrogens (tertiary/aromatic N) is 2. The van der Waals surface area contributed by atoms with Crippen LogP contribution in [0.1, 0.15) is 0 Å². The average molecular weight is 363 g/mol. The fourth-order valence-corrected chi connectivity index (χ4v) is 2.63. The minimum Gasteiger partial charge on any atom is -0.481 e. The first-order valence-electron chi connectivity index (χ1n) is 5.99. The highest BCUT2D eigenvalue weighted by molar-refractivity contribution is 9.10. The van der Waals surface area contributed by atoms with Gasteiger partial charge in [0.25, 0.3) is 5.69 Å². The average Bonchev–Trinajstić information content (AvgIpc) is 2.89. The molecule has 2 atom stereocenters. The number of likely N-dealkylation sites (N-methyl/N-ethyl adjacent to an activating group) is 1. The Bertz CT molecular complexity index is 597. The van der Waals surface area contributed by atoms with Crippen LogP contribution in [0.15, 0.2) is 16.6 Å². The normalized spacial score (nSPS) is 21.3. The van der Waals surface area contributed by atoms with Crippen LogP contribution in [0, 0.1) is 21.8 Å². The molecule has 2 rings (SSSR count). The third-order valence-electron chi connectivity index (χ3n) is 3.46. The molecule has 0 bridgehead atoms. The predicted octanol–water partition coefficient (Wildman–Crippen LogP) is 2.03. The van der Waals surface area contributed by atoms with E-state index < -0.39 is 28.7 Å². The summed E-state index contributed by atoms with van der Waals surface area (Å²) in [6, 6.07) is 1.48. The van der Waals surface area contributed by atoms with Gasteiger partial charge in [0.15, 0.2) is 0 Å². The lowest BCUT2D eigenvalue weighted by atomic mass is 10.0. The Hall–Kier alpha value is -1.74. The predicted molar refractivity (Wildman–Crippen MR) is 74.9 cm³/mol. The van der Waals surface area contributed by atoms with E-state index in [0.29, 0.717) is 0 Å². The summed E-state index contributed by atoms with van der Waals surface area (Å²) in [5.41, 5.74) is -0.288. The molecular weight excluding hydrogens is 351 g/mol. The molecule has 0 saturated carbocycles. The number of carboxylic acid groups (broad SMARTS) is 1. The smallest absolute Gasteiger partial charge is 0.311 e. The summed E-state index contributed by atoms with van der Waals surface area (Å²) in [4.78, 5) is 23.0. The van der Waals surface area contributed by atoms with Crippen LogP contribution < -0.4 is 4.90 Å². The lowest BCUT2D eigenvalue weighted by molar-refractivity contribution is -0.384. The zero-order valence-corrected chi connectivity index (χ0v) is 12.5. The fraction of sp³-hybridized carbons (Fsp3) is 0.417. The first-order chi connectivity index (χ1) is 9.82. The maximum atomic E-state index is 13.7. The number of benzene rings is 1. The first kappa shape index (κ1) is 15.6. The number of carbonyl (C=O) groups is 1. The van der Waals surface area contributed by atoms with Gasteiger partial charge in [-0.3, -0.25) is 14.9 Å². The summed E-state index contributed by atoms with van der Waals surface area (Å²) in [7, 11) is 1.49. The Labute approximate surface area is 127 Å². The van der Waals surface area contributed by atoms with Gasteiger partial charge in [0.05, 0.1) is 28.7 Å². The quantitative estimate of drug-likeness (QED) is 0.650. The van der Waals surface area contributed by atoms with Crippen LogP contribution in [0.5, 0.6) is 0 Å². The van der Waals surface area contributed by atoms with Gasteiger partial charge in [0.2, 0.25) is 0 Å². The van der Waals surface area contributed by atoms with E-state index in [0.717, 1.165) is 12.1 Å². The summed E-state index contributed by atoms with van der Waals surface area (Å²) in [6.07, 6.45) is 0. The SMILES string of the molecule is CN(c1cc(F)c(Br)cc1[N+](=O)[O-])C1COCC1C(=O)O. The van der Waals surface area contributed by atoms with E-state index in [1.54, 1.807) is 0 Å². The second-order valence-corrected chi connectivity index (χ2v) is 5.53. The highest BCUT2D eigenvalue weighted by Gasteiger charge is 2.38. The van der Waals surface area contributed by atoms with E-state index in [4.69, 9.17) is 9.84 Å². The van der Waals surface area contributed by atoms with Gasteiger partial charge in [0.1, 0.15) is 17.4 Å². The first-order valence-corrected chi connectivity index (χ1v) is 6.79. The van der Waals surface area contributed by atoms with E-state index in [1.165, 1.54) is 11.9 Å². The number of anilines is 1. The topological polar surface area (TPSA) is 92.9 Å². The Morgan fingerprint density at radius 3 is 2.81 bits per heavy atom. The van der Waals surface area contributed by atoms with Crippen LogP contribution in [-0.2, 0) is 9.53 Å². The van der Waals surface area contributed by atoms with Gasteiger partial charge in [-0.05, 0) is 15.9 Å². The molecule has 1 aromatic rings. The van der Waals surface area contributed by atoms with Gasteiger partial charge < -0.3 is 14.7 Å². The lowest BCUT2D eigenvalue weighted by Gasteiger charge is -2.28. The highest BCUT2D eigenvalue weighted by Crippen LogP contribution is 2.35. The van der Waals surface area contributed by atoms with Crippen molar-refractivity contribution in [2.24, 2.45) is 5.92 Å². The van der Waals surface area contributed by atoms with E-state index in [2.05, 4.69) is 15.9 Å². The maximum Gasteiger partial charge on any atom is 0.311 e. The Balaban J connectivity index is 2.43. The van der Waals surface area contributed by atoms with Crippen molar-refractivity contribution in [3.63, 3.8) is 0 Å². The number of nitro benzene ring substituents is 1. The lowest BCUT2D eigenvalue weighted by Crippen LogP contribution is -2.41. The van der Waals surface area contributed by atoms with Gasteiger partial charge in [-0.2, -0.15) is 0 Å². The molecule has 0 spiro atoms. The molecule has 2 unspecified atom stereocenters. The third-order valence-corrected chi connectivity index (χ3v) is 4.07. The molecule has 0 amide bonds. The molecule has 1 aliphatic rings. The largest absolute Gasteiger partial charge is 0.481 e. The molecule has 0 radical (unpaired) electrons. The van der Waals surface area contributed by atoms with Crippen molar-refractivity contribution in [2.45, 2.75) is 6.04 Å². The monoisotopic (exact) mass is 362 g/mol. The van der Waals surface area contributed by atoms with E-state index in [1.807, 2.05) is 0 Å². The van der Waals surface area contributed by atoms with Crippen LogP contribution in [0.2, 0.25) is 0 Å². The molecule has 1 heterocycles. The molecule has 1 saturated heterocycles. The second kappa shape index (κ2) is 5.94. The number of hydrogen-bond donors (Lipinski definition) is 1. The number of carboxylic acids is 1. The van der Waals surface area contributed by atoms with Crippen LogP contribution >= 0.6 is 15.9 Å². The van der Waals surface area contributed by atoms with Crippen molar-refractivity contribution in [3.8, 4) is 0 Å². The maximum absolute atomic E-state index is 13.7. The summed E-state index contributed by atoms with van der Waals surface area (Å²) in [5, 5.41) is 20.2. The number of hydrogen-bond acceptors (Lipinski definition) is 5. The van der Waals surface area contributed by atoms with Gasteiger partial charge in [-0.25, -0.2) is 4.39 Å². The zero-order chi connectivity index (χ0) is 15.7. The zero-order valence-electron chi connectivity index (χ0n) is 11.0. The fourth-order valence-electron chi connectivity index (χ4n) is 2.29. The number of rotatable bonds is 4. The van der Waals surface area contributed by atoms with Crippen molar-refractivity contribution in [1.82, 2.24) is 0 Å². The number of ether oxygens (including phenoxy) is 1. The van der Waals surface area contributed by atoms with Crippen molar-refractivity contribution in [3.05, 3.63) is 32.5 Å². The Morgan fingerprint density at radius 1 is 1.57 bits per heavy atom. The minimum absolute atomic E-state index is 0.0162. The molecule has 21 heavy (non-hydrogen) atoms. The molecule has 0 aliphatic carbocycles. The second-order valence-electron chi connectivity index (χ2n) is 4.67. The Kier molecular flexibility index (Phi) is 4.43. The van der Waals surface area contributed by atoms with Crippen molar-refractivity contribution >= 4 is 33.3 Å².